The molecule has 1 N–H and O–H groups in total. The lowest BCUT2D eigenvalue weighted by Gasteiger charge is -2.05. The fraction of sp³-hybridized carbons (Fsp3) is 0. The predicted molar refractivity (Wildman–Crippen MR) is 78.2 cm³/mol. The van der Waals surface area contributed by atoms with Crippen LogP contribution in [0.2, 0.25) is 0 Å². The molecule has 0 unspecified atom stereocenters. The van der Waals surface area contributed by atoms with Crippen LogP contribution in [0.1, 0.15) is 15.9 Å². The highest BCUT2D eigenvalue weighted by Gasteiger charge is 2.16. The molecule has 1 aromatic heterocycles. The molecule has 0 aliphatic heterocycles. The number of hydrogen-bond donors (Lipinski definition) is 1. The second-order valence-electron chi connectivity index (χ2n) is 4.25. The lowest BCUT2D eigenvalue weighted by molar-refractivity contribution is 0.0699. The summed E-state index contributed by atoms with van der Waals surface area (Å²) in [4.78, 5) is 11.2. The third-order valence-electron chi connectivity index (χ3n) is 3.02. The van der Waals surface area contributed by atoms with Gasteiger partial charge < -0.3 is 5.11 Å². The number of carbonyl (C=O) groups is 1. The van der Waals surface area contributed by atoms with E-state index in [2.05, 4.69) is 32.3 Å². The number of carboxylic acid groups (broad SMARTS) is 1. The van der Waals surface area contributed by atoms with Crippen molar-refractivity contribution in [3.8, 4) is 11.8 Å². The molecule has 0 aliphatic carbocycles. The van der Waals surface area contributed by atoms with Crippen molar-refractivity contribution in [2.75, 3.05) is 0 Å². The number of rotatable bonds is 2. The number of aromatic carboxylic acids is 1. The first kappa shape index (κ1) is 13.3. The molecule has 6 nitrogen and oxygen atoms in total. The van der Waals surface area contributed by atoms with Gasteiger partial charge in [0.25, 0.3) is 0 Å². The average molecular weight is 343 g/mol. The summed E-state index contributed by atoms with van der Waals surface area (Å²) in [5.74, 6) is -1.07. The molecule has 1 heterocycles. The molecule has 0 aliphatic rings. The molecule has 0 radical (unpaired) electrons. The zero-order valence-corrected chi connectivity index (χ0v) is 12.1. The standard InChI is InChI=1S/C14H7BrN4O2/c15-9-5-4-8(7-16)12(6-9)19-11-3-1-2-10(14(20)21)13(11)17-18-19/h1-6H,(H,20,21). The first-order valence-electron chi connectivity index (χ1n) is 5.89. The molecule has 0 saturated heterocycles. The summed E-state index contributed by atoms with van der Waals surface area (Å²) in [6.45, 7) is 0. The molecule has 7 heteroatoms. The number of nitriles is 1. The van der Waals surface area contributed by atoms with Crippen LogP contribution in [-0.4, -0.2) is 26.1 Å². The normalized spacial score (nSPS) is 10.5. The molecular formula is C14H7BrN4O2. The van der Waals surface area contributed by atoms with Crippen LogP contribution >= 0.6 is 15.9 Å². The lowest BCUT2D eigenvalue weighted by Crippen LogP contribution is -2.00. The highest BCUT2D eigenvalue weighted by atomic mass is 79.9. The third kappa shape index (κ3) is 2.15. The first-order valence-corrected chi connectivity index (χ1v) is 6.69. The first-order chi connectivity index (χ1) is 10.1. The van der Waals surface area contributed by atoms with Crippen LogP contribution < -0.4 is 0 Å². The van der Waals surface area contributed by atoms with Crippen LogP contribution in [0.4, 0.5) is 0 Å². The van der Waals surface area contributed by atoms with Gasteiger partial charge in [0.15, 0.2) is 0 Å². The third-order valence-corrected chi connectivity index (χ3v) is 3.51. The Hall–Kier alpha value is -2.72. The molecule has 3 aromatic rings. The molecule has 0 amide bonds. The second kappa shape index (κ2) is 5.00. The van der Waals surface area contributed by atoms with Crippen LogP contribution in [0.3, 0.4) is 0 Å². The van der Waals surface area contributed by atoms with E-state index in [0.29, 0.717) is 16.8 Å². The van der Waals surface area contributed by atoms with E-state index in [0.717, 1.165) is 4.47 Å². The number of fused-ring (bicyclic) bond motifs is 1. The molecule has 102 valence electrons. The largest absolute Gasteiger partial charge is 0.478 e. The van der Waals surface area contributed by atoms with Crippen molar-refractivity contribution in [3.63, 3.8) is 0 Å². The highest BCUT2D eigenvalue weighted by molar-refractivity contribution is 9.10. The number of nitrogens with zero attached hydrogens (tertiary/aromatic N) is 4. The van der Waals surface area contributed by atoms with E-state index in [1.165, 1.54) is 10.7 Å². The monoisotopic (exact) mass is 342 g/mol. The summed E-state index contributed by atoms with van der Waals surface area (Å²) in [5.41, 5.74) is 1.85. The van der Waals surface area contributed by atoms with Gasteiger partial charge >= 0.3 is 5.97 Å². The Morgan fingerprint density at radius 3 is 2.86 bits per heavy atom. The van der Waals surface area contributed by atoms with E-state index < -0.39 is 5.97 Å². The van der Waals surface area contributed by atoms with Crippen molar-refractivity contribution >= 4 is 32.9 Å². The number of benzene rings is 2. The van der Waals surface area contributed by atoms with E-state index >= 15 is 0 Å². The minimum absolute atomic E-state index is 0.0762. The van der Waals surface area contributed by atoms with Crippen LogP contribution in [-0.2, 0) is 0 Å². The predicted octanol–water partition coefficient (Wildman–Crippen LogP) is 2.75. The summed E-state index contributed by atoms with van der Waals surface area (Å²) in [5, 5.41) is 26.3. The maximum atomic E-state index is 11.2. The highest BCUT2D eigenvalue weighted by Crippen LogP contribution is 2.24. The Bertz CT molecular complexity index is 911. The Labute approximate surface area is 127 Å². The summed E-state index contributed by atoms with van der Waals surface area (Å²) in [7, 11) is 0. The van der Waals surface area contributed by atoms with Crippen molar-refractivity contribution < 1.29 is 9.90 Å². The molecule has 0 bridgehead atoms. The zero-order chi connectivity index (χ0) is 15.0. The van der Waals surface area contributed by atoms with Crippen molar-refractivity contribution in [1.82, 2.24) is 15.0 Å². The quantitative estimate of drug-likeness (QED) is 0.772. The van der Waals surface area contributed by atoms with E-state index in [1.807, 2.05) is 0 Å². The number of aromatic nitrogens is 3. The maximum absolute atomic E-state index is 11.2. The molecule has 3 rings (SSSR count). The number of hydrogen-bond acceptors (Lipinski definition) is 4. The summed E-state index contributed by atoms with van der Waals surface area (Å²) < 4.78 is 2.25. The molecule has 0 saturated carbocycles. The van der Waals surface area contributed by atoms with Gasteiger partial charge in [-0.25, -0.2) is 9.48 Å². The number of halogens is 1. The topological polar surface area (TPSA) is 91.8 Å². The van der Waals surface area contributed by atoms with Gasteiger partial charge in [-0.2, -0.15) is 5.26 Å². The van der Waals surface area contributed by atoms with Crippen molar-refractivity contribution in [2.45, 2.75) is 0 Å². The molecule has 0 fully saturated rings. The summed E-state index contributed by atoms with van der Waals surface area (Å²) in [6.07, 6.45) is 0. The van der Waals surface area contributed by atoms with Gasteiger partial charge in [0, 0.05) is 4.47 Å². The van der Waals surface area contributed by atoms with Gasteiger partial charge in [-0.1, -0.05) is 27.2 Å². The van der Waals surface area contributed by atoms with E-state index in [9.17, 15) is 15.2 Å². The van der Waals surface area contributed by atoms with Crippen LogP contribution in [0, 0.1) is 11.3 Å². The molecule has 0 atom stereocenters. The van der Waals surface area contributed by atoms with Crippen molar-refractivity contribution in [1.29, 1.82) is 5.26 Å². The van der Waals surface area contributed by atoms with Gasteiger partial charge in [0.05, 0.1) is 22.3 Å². The Morgan fingerprint density at radius 1 is 1.33 bits per heavy atom. The van der Waals surface area contributed by atoms with E-state index in [1.54, 1.807) is 30.3 Å². The Morgan fingerprint density at radius 2 is 2.14 bits per heavy atom. The molecule has 2 aromatic carbocycles. The van der Waals surface area contributed by atoms with Crippen LogP contribution in [0.15, 0.2) is 40.9 Å². The Kier molecular flexibility index (Phi) is 3.16. The smallest absolute Gasteiger partial charge is 0.338 e. The minimum Gasteiger partial charge on any atom is -0.478 e. The SMILES string of the molecule is N#Cc1ccc(Br)cc1-n1nnc2c(C(=O)O)cccc21. The zero-order valence-electron chi connectivity index (χ0n) is 10.5. The van der Waals surface area contributed by atoms with Crippen molar-refractivity contribution in [3.05, 3.63) is 52.0 Å². The minimum atomic E-state index is -1.07. The molecular weight excluding hydrogens is 336 g/mol. The van der Waals surface area contributed by atoms with Gasteiger partial charge in [0.1, 0.15) is 11.6 Å². The number of carboxylic acids is 1. The van der Waals surface area contributed by atoms with Crippen LogP contribution in [0.25, 0.3) is 16.7 Å². The fourth-order valence-electron chi connectivity index (χ4n) is 2.07. The average Bonchev–Trinajstić information content (AvgIpc) is 2.90. The summed E-state index contributed by atoms with van der Waals surface area (Å²) in [6, 6.07) is 12.0. The van der Waals surface area contributed by atoms with Gasteiger partial charge in [-0.3, -0.25) is 0 Å². The lowest BCUT2D eigenvalue weighted by atomic mass is 10.1. The second-order valence-corrected chi connectivity index (χ2v) is 5.17. The Balaban J connectivity index is 2.33. The van der Waals surface area contributed by atoms with E-state index in [4.69, 9.17) is 0 Å². The molecule has 21 heavy (non-hydrogen) atoms. The van der Waals surface area contributed by atoms with Crippen molar-refractivity contribution in [2.24, 2.45) is 0 Å². The van der Waals surface area contributed by atoms with Gasteiger partial charge in [0.2, 0.25) is 0 Å². The van der Waals surface area contributed by atoms with Gasteiger partial charge in [-0.15, -0.1) is 5.10 Å². The van der Waals surface area contributed by atoms with Gasteiger partial charge in [-0.05, 0) is 30.3 Å². The summed E-state index contributed by atoms with van der Waals surface area (Å²) >= 11 is 3.35. The maximum Gasteiger partial charge on any atom is 0.338 e. The fourth-order valence-corrected chi connectivity index (χ4v) is 2.42. The van der Waals surface area contributed by atoms with Crippen LogP contribution in [0.5, 0.6) is 0 Å². The van der Waals surface area contributed by atoms with E-state index in [-0.39, 0.29) is 11.1 Å². The molecule has 0 spiro atoms.